The van der Waals surface area contributed by atoms with Crippen molar-refractivity contribution >= 4 is 23.0 Å². The first kappa shape index (κ1) is 17.2. The quantitative estimate of drug-likeness (QED) is 0.557. The lowest BCUT2D eigenvalue weighted by atomic mass is 10.1. The number of hydrogen-bond acceptors (Lipinski definition) is 2. The van der Waals surface area contributed by atoms with Crippen LogP contribution < -0.4 is 5.32 Å². The molecule has 0 spiro atoms. The Kier molecular flexibility index (Phi) is 4.60. The average Bonchev–Trinajstić information content (AvgIpc) is 3.12. The van der Waals surface area contributed by atoms with Gasteiger partial charge in [0.25, 0.3) is 5.91 Å². The molecule has 0 bridgehead atoms. The Balaban J connectivity index is 1.65. The molecule has 0 aliphatic carbocycles. The van der Waals surface area contributed by atoms with Crippen molar-refractivity contribution in [3.05, 3.63) is 95.0 Å². The first-order chi connectivity index (χ1) is 13.1. The zero-order chi connectivity index (χ0) is 18.8. The van der Waals surface area contributed by atoms with Crippen molar-refractivity contribution in [1.82, 2.24) is 14.9 Å². The third kappa shape index (κ3) is 3.41. The van der Waals surface area contributed by atoms with Gasteiger partial charge >= 0.3 is 0 Å². The molecule has 0 aliphatic rings. The highest BCUT2D eigenvalue weighted by Gasteiger charge is 2.15. The van der Waals surface area contributed by atoms with Crippen LogP contribution in [0, 0.1) is 5.82 Å². The fourth-order valence-corrected chi connectivity index (χ4v) is 3.15. The van der Waals surface area contributed by atoms with Gasteiger partial charge in [0.1, 0.15) is 5.82 Å². The van der Waals surface area contributed by atoms with E-state index in [-0.39, 0.29) is 10.9 Å². The summed E-state index contributed by atoms with van der Waals surface area (Å²) in [5, 5.41) is 7.19. The number of aromatic nitrogens is 2. The van der Waals surface area contributed by atoms with Gasteiger partial charge in [0.2, 0.25) is 0 Å². The van der Waals surface area contributed by atoms with Gasteiger partial charge in [-0.05, 0) is 23.8 Å². The Bertz CT molecular complexity index is 1120. The minimum Gasteiger partial charge on any atom is -0.348 e. The molecule has 0 aliphatic heterocycles. The predicted octanol–water partition coefficient (Wildman–Crippen LogP) is 4.72. The van der Waals surface area contributed by atoms with E-state index in [0.29, 0.717) is 28.8 Å². The van der Waals surface area contributed by atoms with Crippen LogP contribution in [-0.2, 0) is 6.54 Å². The number of carbonyl (C=O) groups excluding carboxylic acids is 1. The van der Waals surface area contributed by atoms with Crippen LogP contribution in [-0.4, -0.2) is 15.5 Å². The molecule has 27 heavy (non-hydrogen) atoms. The van der Waals surface area contributed by atoms with Gasteiger partial charge in [-0.2, -0.15) is 5.10 Å². The van der Waals surface area contributed by atoms with Gasteiger partial charge in [-0.1, -0.05) is 54.1 Å². The van der Waals surface area contributed by atoms with Gasteiger partial charge in [0.15, 0.2) is 0 Å². The molecule has 2 heterocycles. The molecular formula is C21H15ClFN3O. The maximum Gasteiger partial charge on any atom is 0.251 e. The Morgan fingerprint density at radius 1 is 1.07 bits per heavy atom. The number of fused-ring (bicyclic) bond motifs is 1. The molecule has 4 nitrogen and oxygen atoms in total. The zero-order valence-electron chi connectivity index (χ0n) is 14.2. The number of hydrogen-bond donors (Lipinski definition) is 1. The highest BCUT2D eigenvalue weighted by atomic mass is 35.5. The Morgan fingerprint density at radius 2 is 1.89 bits per heavy atom. The van der Waals surface area contributed by atoms with Crippen LogP contribution in [0.2, 0.25) is 5.02 Å². The molecule has 0 unspecified atom stereocenters. The van der Waals surface area contributed by atoms with Gasteiger partial charge < -0.3 is 5.32 Å². The first-order valence-electron chi connectivity index (χ1n) is 8.37. The van der Waals surface area contributed by atoms with E-state index >= 15 is 0 Å². The van der Waals surface area contributed by atoms with E-state index in [1.807, 2.05) is 30.3 Å². The molecule has 0 fully saturated rings. The van der Waals surface area contributed by atoms with Crippen LogP contribution in [0.3, 0.4) is 0 Å². The molecule has 0 atom stereocenters. The SMILES string of the molecule is O=C(NCc1ccccc1)c1ccn2ncc(-c3cccc(F)c3Cl)c2c1. The highest BCUT2D eigenvalue weighted by Crippen LogP contribution is 2.32. The highest BCUT2D eigenvalue weighted by molar-refractivity contribution is 6.33. The van der Waals surface area contributed by atoms with Crippen molar-refractivity contribution in [2.75, 3.05) is 0 Å². The summed E-state index contributed by atoms with van der Waals surface area (Å²) in [7, 11) is 0. The number of halogens is 2. The average molecular weight is 380 g/mol. The Morgan fingerprint density at radius 3 is 2.70 bits per heavy atom. The van der Waals surface area contributed by atoms with Crippen LogP contribution in [0.25, 0.3) is 16.6 Å². The van der Waals surface area contributed by atoms with Crippen molar-refractivity contribution in [2.45, 2.75) is 6.54 Å². The van der Waals surface area contributed by atoms with Gasteiger partial charge in [-0.3, -0.25) is 4.79 Å². The summed E-state index contributed by atoms with van der Waals surface area (Å²) in [5.74, 6) is -0.691. The summed E-state index contributed by atoms with van der Waals surface area (Å²) in [6, 6.07) is 17.7. The predicted molar refractivity (Wildman–Crippen MR) is 103 cm³/mol. The maximum absolute atomic E-state index is 13.8. The normalized spacial score (nSPS) is 10.9. The van der Waals surface area contributed by atoms with Gasteiger partial charge in [-0.25, -0.2) is 8.91 Å². The number of nitrogens with zero attached hydrogens (tertiary/aromatic N) is 2. The van der Waals surface area contributed by atoms with Crippen LogP contribution in [0.5, 0.6) is 0 Å². The standard InChI is InChI=1S/C21H15ClFN3O/c22-20-16(7-4-8-18(20)23)17-13-25-26-10-9-15(11-19(17)26)21(27)24-12-14-5-2-1-3-6-14/h1-11,13H,12H2,(H,24,27). The number of pyridine rings is 1. The molecule has 6 heteroatoms. The number of carbonyl (C=O) groups is 1. The number of rotatable bonds is 4. The van der Waals surface area contributed by atoms with E-state index in [9.17, 15) is 9.18 Å². The van der Waals surface area contributed by atoms with E-state index in [1.54, 1.807) is 41.2 Å². The second-order valence-electron chi connectivity index (χ2n) is 6.07. The third-order valence-corrected chi connectivity index (χ3v) is 4.71. The van der Waals surface area contributed by atoms with Crippen molar-refractivity contribution in [2.24, 2.45) is 0 Å². The summed E-state index contributed by atoms with van der Waals surface area (Å²) >= 11 is 6.11. The smallest absolute Gasteiger partial charge is 0.251 e. The summed E-state index contributed by atoms with van der Waals surface area (Å²) in [6.07, 6.45) is 3.31. The second-order valence-corrected chi connectivity index (χ2v) is 6.45. The monoisotopic (exact) mass is 379 g/mol. The fraction of sp³-hybridized carbons (Fsp3) is 0.0476. The first-order valence-corrected chi connectivity index (χ1v) is 8.75. The van der Waals surface area contributed by atoms with E-state index < -0.39 is 5.82 Å². The number of amides is 1. The topological polar surface area (TPSA) is 46.4 Å². The lowest BCUT2D eigenvalue weighted by Crippen LogP contribution is -2.22. The third-order valence-electron chi connectivity index (χ3n) is 4.32. The molecule has 134 valence electrons. The molecule has 0 radical (unpaired) electrons. The summed E-state index contributed by atoms with van der Waals surface area (Å²) in [5.41, 5.74) is 3.39. The Labute approximate surface area is 160 Å². The molecule has 2 aromatic heterocycles. The van der Waals surface area contributed by atoms with Crippen LogP contribution in [0.1, 0.15) is 15.9 Å². The van der Waals surface area contributed by atoms with Crippen LogP contribution in [0.15, 0.2) is 73.1 Å². The number of benzene rings is 2. The summed E-state index contributed by atoms with van der Waals surface area (Å²) in [4.78, 5) is 12.5. The van der Waals surface area contributed by atoms with Crippen LogP contribution in [0.4, 0.5) is 4.39 Å². The molecule has 1 amide bonds. The summed E-state index contributed by atoms with van der Waals surface area (Å²) in [6.45, 7) is 0.437. The molecule has 0 saturated heterocycles. The van der Waals surface area contributed by atoms with E-state index in [0.717, 1.165) is 5.56 Å². The largest absolute Gasteiger partial charge is 0.348 e. The second kappa shape index (κ2) is 7.21. The van der Waals surface area contributed by atoms with Gasteiger partial charge in [0.05, 0.1) is 16.7 Å². The molecule has 2 aromatic carbocycles. The van der Waals surface area contributed by atoms with E-state index in [1.165, 1.54) is 6.07 Å². The molecular weight excluding hydrogens is 365 g/mol. The lowest BCUT2D eigenvalue weighted by molar-refractivity contribution is 0.0951. The van der Waals surface area contributed by atoms with Gasteiger partial charge in [0, 0.05) is 29.4 Å². The van der Waals surface area contributed by atoms with Crippen molar-refractivity contribution in [3.63, 3.8) is 0 Å². The van der Waals surface area contributed by atoms with Gasteiger partial charge in [-0.15, -0.1) is 0 Å². The zero-order valence-corrected chi connectivity index (χ0v) is 14.9. The minimum atomic E-state index is -0.495. The van der Waals surface area contributed by atoms with Crippen LogP contribution >= 0.6 is 11.6 Å². The fourth-order valence-electron chi connectivity index (χ4n) is 2.92. The lowest BCUT2D eigenvalue weighted by Gasteiger charge is -2.07. The van der Waals surface area contributed by atoms with E-state index in [2.05, 4.69) is 10.4 Å². The maximum atomic E-state index is 13.8. The van der Waals surface area contributed by atoms with E-state index in [4.69, 9.17) is 11.6 Å². The van der Waals surface area contributed by atoms with Crippen molar-refractivity contribution in [3.8, 4) is 11.1 Å². The molecule has 4 aromatic rings. The summed E-state index contributed by atoms with van der Waals surface area (Å²) < 4.78 is 15.4. The molecule has 0 saturated carbocycles. The minimum absolute atomic E-state index is 0.0336. The number of nitrogens with one attached hydrogen (secondary N) is 1. The molecule has 1 N–H and O–H groups in total. The Hall–Kier alpha value is -3.18. The van der Waals surface area contributed by atoms with Crippen molar-refractivity contribution < 1.29 is 9.18 Å². The van der Waals surface area contributed by atoms with Crippen molar-refractivity contribution in [1.29, 1.82) is 0 Å². The molecule has 4 rings (SSSR count).